The van der Waals surface area contributed by atoms with E-state index in [4.69, 9.17) is 13.1 Å². The SMILES string of the molecule is [C-]#[N+]/C(C#N)=c1/cc(-c2cc(-c3cc(C(F)(F)F)cc(C(F)(F)F)c3)cc(C(F)(F)F)c2)/c(=C(\C#N)[N+]#[C-])cc1-c1cc(-c2cc(C)cc(C(F)(F)F)c2)cc(C(F)(F)F)c1. The van der Waals surface area contributed by atoms with Crippen molar-refractivity contribution in [2.75, 3.05) is 0 Å². The van der Waals surface area contributed by atoms with Crippen molar-refractivity contribution in [2.24, 2.45) is 0 Å². The first-order valence-corrected chi connectivity index (χ1v) is 16.5. The Morgan fingerprint density at radius 2 is 0.656 bits per heavy atom. The predicted octanol–water partition coefficient (Wildman–Crippen LogP) is 12.9. The second kappa shape index (κ2) is 15.7. The number of hydrogen-bond acceptors (Lipinski definition) is 2. The summed E-state index contributed by atoms with van der Waals surface area (Å²) in [7, 11) is 0. The zero-order valence-corrected chi connectivity index (χ0v) is 30.0. The third-order valence-electron chi connectivity index (χ3n) is 8.91. The number of alkyl halides is 15. The summed E-state index contributed by atoms with van der Waals surface area (Å²) in [5, 5.41) is 18.5. The molecule has 0 aliphatic rings. The molecule has 0 unspecified atom stereocenters. The quantitative estimate of drug-likeness (QED) is 0.133. The van der Waals surface area contributed by atoms with Gasteiger partial charge in [0, 0.05) is 0 Å². The number of halogens is 15. The van der Waals surface area contributed by atoms with Crippen LogP contribution in [0.15, 0.2) is 84.9 Å². The molecule has 0 aromatic heterocycles. The van der Waals surface area contributed by atoms with Gasteiger partial charge in [0.25, 0.3) is 11.4 Å². The molecule has 5 aromatic carbocycles. The number of rotatable bonds is 4. The summed E-state index contributed by atoms with van der Waals surface area (Å²) in [4.78, 5) is 6.06. The molecule has 0 heterocycles. The zero-order valence-electron chi connectivity index (χ0n) is 30.0. The molecule has 61 heavy (non-hydrogen) atoms. The molecule has 0 radical (unpaired) electrons. The Kier molecular flexibility index (Phi) is 11.6. The maximum atomic E-state index is 14.4. The van der Waals surface area contributed by atoms with Gasteiger partial charge in [-0.2, -0.15) is 65.9 Å². The fourth-order valence-electron chi connectivity index (χ4n) is 6.22. The van der Waals surface area contributed by atoms with E-state index in [-0.39, 0.29) is 29.8 Å². The molecule has 4 nitrogen and oxygen atoms in total. The Hall–Kier alpha value is -7.25. The molecule has 310 valence electrons. The number of nitrogens with zero attached hydrogens (tertiary/aromatic N) is 4. The Balaban J connectivity index is 1.98. The van der Waals surface area contributed by atoms with Crippen molar-refractivity contribution in [3.63, 3.8) is 0 Å². The second-order valence-corrected chi connectivity index (χ2v) is 13.1. The molecule has 0 bridgehead atoms. The molecular formula is C42H17F15N4. The molecule has 0 amide bonds. The number of benzene rings is 5. The van der Waals surface area contributed by atoms with Gasteiger partial charge in [0.2, 0.25) is 0 Å². The first-order chi connectivity index (χ1) is 28.1. The lowest BCUT2D eigenvalue weighted by atomic mass is 9.89. The van der Waals surface area contributed by atoms with E-state index in [9.17, 15) is 76.4 Å². The third-order valence-corrected chi connectivity index (χ3v) is 8.91. The van der Waals surface area contributed by atoms with Crippen LogP contribution in [0.25, 0.3) is 65.6 Å². The van der Waals surface area contributed by atoms with Crippen LogP contribution in [-0.2, 0) is 30.9 Å². The largest absolute Gasteiger partial charge is 0.416 e. The van der Waals surface area contributed by atoms with Crippen LogP contribution in [0, 0.1) is 42.7 Å². The summed E-state index contributed by atoms with van der Waals surface area (Å²) >= 11 is 0. The van der Waals surface area contributed by atoms with E-state index in [2.05, 4.69) is 9.69 Å². The van der Waals surface area contributed by atoms with Gasteiger partial charge in [-0.1, -0.05) is 18.2 Å². The van der Waals surface area contributed by atoms with Gasteiger partial charge in [-0.3, -0.25) is 0 Å². The van der Waals surface area contributed by atoms with Gasteiger partial charge in [-0.15, -0.1) is 0 Å². The van der Waals surface area contributed by atoms with Gasteiger partial charge >= 0.3 is 30.9 Å². The highest BCUT2D eigenvalue weighted by Crippen LogP contribution is 2.42. The van der Waals surface area contributed by atoms with Gasteiger partial charge < -0.3 is 0 Å². The molecule has 0 N–H and O–H groups in total. The Morgan fingerprint density at radius 1 is 0.393 bits per heavy atom. The van der Waals surface area contributed by atoms with E-state index in [0.717, 1.165) is 24.3 Å². The van der Waals surface area contributed by atoms with E-state index in [1.165, 1.54) is 19.1 Å². The van der Waals surface area contributed by atoms with E-state index >= 15 is 0 Å². The minimum absolute atomic E-state index is 0.0326. The van der Waals surface area contributed by atoms with E-state index < -0.39 is 125 Å². The highest BCUT2D eigenvalue weighted by molar-refractivity contribution is 5.85. The van der Waals surface area contributed by atoms with Crippen molar-refractivity contribution in [3.8, 4) is 56.6 Å². The molecule has 0 aliphatic heterocycles. The lowest BCUT2D eigenvalue weighted by Crippen LogP contribution is -2.19. The zero-order chi connectivity index (χ0) is 45.6. The molecule has 0 fully saturated rings. The van der Waals surface area contributed by atoms with Crippen LogP contribution in [0.1, 0.15) is 33.4 Å². The van der Waals surface area contributed by atoms with Crippen LogP contribution < -0.4 is 10.4 Å². The van der Waals surface area contributed by atoms with Crippen molar-refractivity contribution < 1.29 is 65.9 Å². The number of nitriles is 2. The predicted molar refractivity (Wildman–Crippen MR) is 188 cm³/mol. The molecule has 0 saturated heterocycles. The minimum atomic E-state index is -5.43. The fraction of sp³-hybridized carbons (Fsp3) is 0.143. The highest BCUT2D eigenvalue weighted by Gasteiger charge is 2.38. The van der Waals surface area contributed by atoms with Crippen LogP contribution in [0.4, 0.5) is 65.9 Å². The van der Waals surface area contributed by atoms with Crippen LogP contribution >= 0.6 is 0 Å². The summed E-state index contributed by atoms with van der Waals surface area (Å²) in [6.45, 7) is 16.4. The molecular weight excluding hydrogens is 845 g/mol. The van der Waals surface area contributed by atoms with Crippen molar-refractivity contribution in [3.05, 3.63) is 152 Å². The smallest absolute Gasteiger partial charge is 0.226 e. The van der Waals surface area contributed by atoms with Crippen LogP contribution in [0.2, 0.25) is 0 Å². The normalized spacial score (nSPS) is 13.4. The molecule has 0 saturated carbocycles. The van der Waals surface area contributed by atoms with Gasteiger partial charge in [-0.05, 0) is 134 Å². The maximum absolute atomic E-state index is 14.4. The van der Waals surface area contributed by atoms with Crippen LogP contribution in [0.3, 0.4) is 0 Å². The minimum Gasteiger partial charge on any atom is -0.226 e. The van der Waals surface area contributed by atoms with Crippen molar-refractivity contribution in [1.82, 2.24) is 0 Å². The second-order valence-electron chi connectivity index (χ2n) is 13.1. The van der Waals surface area contributed by atoms with E-state index in [1.807, 2.05) is 0 Å². The molecule has 0 aliphatic carbocycles. The van der Waals surface area contributed by atoms with Crippen molar-refractivity contribution in [1.29, 1.82) is 10.5 Å². The summed E-state index contributed by atoms with van der Waals surface area (Å²) in [5.74, 6) is 0. The van der Waals surface area contributed by atoms with E-state index in [1.54, 1.807) is 0 Å². The van der Waals surface area contributed by atoms with Crippen LogP contribution in [0.5, 0.6) is 0 Å². The number of aryl methyl sites for hydroxylation is 1. The maximum Gasteiger partial charge on any atom is 0.416 e. The Morgan fingerprint density at radius 3 is 0.951 bits per heavy atom. The van der Waals surface area contributed by atoms with Crippen molar-refractivity contribution in [2.45, 2.75) is 37.8 Å². The van der Waals surface area contributed by atoms with Gasteiger partial charge in [0.15, 0.2) is 0 Å². The first-order valence-electron chi connectivity index (χ1n) is 16.5. The summed E-state index contributed by atoms with van der Waals surface area (Å²) in [6.07, 6.45) is -26.4. The lowest BCUT2D eigenvalue weighted by Gasteiger charge is -2.18. The Labute approximate surface area is 333 Å². The third kappa shape index (κ3) is 9.63. The molecule has 19 heteroatoms. The topological polar surface area (TPSA) is 56.3 Å². The summed E-state index contributed by atoms with van der Waals surface area (Å²) < 4.78 is 210. The summed E-state index contributed by atoms with van der Waals surface area (Å²) in [6, 6.07) is 9.78. The average Bonchev–Trinajstić information content (AvgIpc) is 3.16. The number of hydrogen-bond donors (Lipinski definition) is 0. The van der Waals surface area contributed by atoms with Crippen LogP contribution in [-0.4, -0.2) is 0 Å². The highest BCUT2D eigenvalue weighted by atomic mass is 19.4. The fourth-order valence-corrected chi connectivity index (χ4v) is 6.22. The summed E-state index contributed by atoms with van der Waals surface area (Å²) in [5.41, 5.74) is -15.6. The van der Waals surface area contributed by atoms with E-state index in [0.29, 0.717) is 36.4 Å². The Bertz CT molecular complexity index is 2840. The lowest BCUT2D eigenvalue weighted by molar-refractivity contribution is -0.143. The average molecular weight is 863 g/mol. The molecule has 5 aromatic rings. The molecule has 0 atom stereocenters. The van der Waals surface area contributed by atoms with Gasteiger partial charge in [-0.25, -0.2) is 20.2 Å². The van der Waals surface area contributed by atoms with Gasteiger partial charge in [0.05, 0.1) is 53.1 Å². The van der Waals surface area contributed by atoms with Crippen molar-refractivity contribution >= 4 is 11.4 Å². The van der Waals surface area contributed by atoms with Gasteiger partial charge in [0.1, 0.15) is 0 Å². The molecule has 5 rings (SSSR count). The standard InChI is InChI=1S/C42H17F15N4/c1-20-4-21(8-27(5-20)38(43,44)45)22-6-25(13-28(9-22)39(46,47)48)32-16-35(37(19-59)61-3)33(17-34(32)36(18-58)60-2)26-7-23(10-29(14-26)40(49,50)51)24-11-30(41(52,53)54)15-31(12-24)42(55,56)57/h4-17H,1H3/b36-34-,37-35+. The molecule has 0 spiro atoms. The first kappa shape index (κ1) is 44.8. The monoisotopic (exact) mass is 862 g/mol.